The maximum atomic E-state index is 3.63. The van der Waals surface area contributed by atoms with Crippen molar-refractivity contribution in [3.63, 3.8) is 0 Å². The largest absolute Gasteiger partial charge is 0.302 e. The van der Waals surface area contributed by atoms with Crippen LogP contribution in [-0.4, -0.2) is 11.4 Å². The minimum atomic E-state index is 0.646. The van der Waals surface area contributed by atoms with Crippen LogP contribution in [0.2, 0.25) is 0 Å². The van der Waals surface area contributed by atoms with Gasteiger partial charge in [-0.2, -0.15) is 0 Å². The van der Waals surface area contributed by atoms with Crippen LogP contribution < -0.4 is 5.32 Å². The van der Waals surface area contributed by atoms with Crippen LogP contribution in [-0.2, 0) is 0 Å². The Bertz CT molecular complexity index is 337. The van der Waals surface area contributed by atoms with Crippen molar-refractivity contribution in [1.82, 2.24) is 5.32 Å². The van der Waals surface area contributed by atoms with Crippen molar-refractivity contribution < 1.29 is 0 Å². The Kier molecular flexibility index (Phi) is 1.67. The van der Waals surface area contributed by atoms with Crippen molar-refractivity contribution in [2.75, 3.05) is 0 Å². The quantitative estimate of drug-likeness (QED) is 0.676. The van der Waals surface area contributed by atoms with E-state index in [1.54, 1.807) is 5.56 Å². The zero-order chi connectivity index (χ0) is 8.84. The summed E-state index contributed by atoms with van der Waals surface area (Å²) in [5.74, 6) is 0.760. The van der Waals surface area contributed by atoms with Crippen LogP contribution >= 0.6 is 11.8 Å². The molecule has 1 fully saturated rings. The normalized spacial score (nSPS) is 35.9. The van der Waals surface area contributed by atoms with E-state index < -0.39 is 0 Å². The Balaban J connectivity index is 2.02. The Morgan fingerprint density at radius 2 is 2.23 bits per heavy atom. The molecular formula is C11H13NS. The first-order chi connectivity index (χ1) is 6.34. The minimum absolute atomic E-state index is 0.646. The molecule has 1 nitrogen and oxygen atoms in total. The lowest BCUT2D eigenvalue weighted by Gasteiger charge is -2.06. The second kappa shape index (κ2) is 2.76. The third-order valence-corrected chi connectivity index (χ3v) is 4.34. The molecule has 1 aromatic rings. The van der Waals surface area contributed by atoms with E-state index in [2.05, 4.69) is 36.5 Å². The van der Waals surface area contributed by atoms with Crippen molar-refractivity contribution in [3.8, 4) is 0 Å². The molecule has 0 radical (unpaired) electrons. The van der Waals surface area contributed by atoms with Gasteiger partial charge in [-0.25, -0.2) is 0 Å². The summed E-state index contributed by atoms with van der Waals surface area (Å²) in [5, 5.41) is 4.27. The van der Waals surface area contributed by atoms with Crippen molar-refractivity contribution in [2.24, 2.45) is 0 Å². The van der Waals surface area contributed by atoms with Gasteiger partial charge in [-0.15, -0.1) is 11.8 Å². The van der Waals surface area contributed by atoms with Crippen LogP contribution in [0, 0.1) is 0 Å². The highest BCUT2D eigenvalue weighted by atomic mass is 32.2. The van der Waals surface area contributed by atoms with Crippen LogP contribution in [0.5, 0.6) is 0 Å². The molecule has 3 atom stereocenters. The third-order valence-electron chi connectivity index (χ3n) is 2.99. The predicted molar refractivity (Wildman–Crippen MR) is 56.0 cm³/mol. The number of rotatable bonds is 0. The Hall–Kier alpha value is -0.470. The Morgan fingerprint density at radius 1 is 1.38 bits per heavy atom. The van der Waals surface area contributed by atoms with Crippen molar-refractivity contribution in [2.45, 2.75) is 35.6 Å². The fourth-order valence-electron chi connectivity index (χ4n) is 2.41. The molecule has 2 heterocycles. The first-order valence-electron chi connectivity index (χ1n) is 4.86. The fraction of sp³-hybridized carbons (Fsp3) is 0.455. The zero-order valence-electron chi connectivity index (χ0n) is 7.66. The predicted octanol–water partition coefficient (Wildman–Crippen LogP) is 2.58. The van der Waals surface area contributed by atoms with E-state index in [4.69, 9.17) is 0 Å². The van der Waals surface area contributed by atoms with Gasteiger partial charge in [0.2, 0.25) is 0 Å². The second-order valence-electron chi connectivity index (χ2n) is 3.99. The minimum Gasteiger partial charge on any atom is -0.302 e. The van der Waals surface area contributed by atoms with E-state index in [1.165, 1.54) is 11.3 Å². The highest BCUT2D eigenvalue weighted by Crippen LogP contribution is 2.49. The van der Waals surface area contributed by atoms with Crippen LogP contribution in [0.25, 0.3) is 0 Å². The Morgan fingerprint density at radius 3 is 3.15 bits per heavy atom. The zero-order valence-corrected chi connectivity index (χ0v) is 8.47. The lowest BCUT2D eigenvalue weighted by molar-refractivity contribution is 0.650. The van der Waals surface area contributed by atoms with Crippen molar-refractivity contribution >= 4 is 11.8 Å². The number of benzene rings is 1. The highest BCUT2D eigenvalue weighted by Gasteiger charge is 2.39. The summed E-state index contributed by atoms with van der Waals surface area (Å²) < 4.78 is 0. The average Bonchev–Trinajstić information content (AvgIpc) is 2.60. The summed E-state index contributed by atoms with van der Waals surface area (Å²) in [7, 11) is 0. The molecule has 0 aromatic heterocycles. The van der Waals surface area contributed by atoms with Gasteiger partial charge in [0.05, 0.1) is 5.37 Å². The van der Waals surface area contributed by atoms with E-state index in [1.807, 2.05) is 11.8 Å². The molecule has 1 N–H and O–H groups in total. The molecule has 13 heavy (non-hydrogen) atoms. The summed E-state index contributed by atoms with van der Waals surface area (Å²) >= 11 is 2.00. The van der Waals surface area contributed by atoms with E-state index in [-0.39, 0.29) is 0 Å². The summed E-state index contributed by atoms with van der Waals surface area (Å²) in [6.45, 7) is 2.28. The van der Waals surface area contributed by atoms with Crippen molar-refractivity contribution in [1.29, 1.82) is 0 Å². The second-order valence-corrected chi connectivity index (χ2v) is 5.17. The Labute approximate surface area is 82.9 Å². The molecule has 0 spiro atoms. The summed E-state index contributed by atoms with van der Waals surface area (Å²) in [5.41, 5.74) is 1.56. The number of hydrogen-bond donors (Lipinski definition) is 1. The maximum Gasteiger partial charge on any atom is 0.0652 e. The number of nitrogens with one attached hydrogen (secondary N) is 1. The van der Waals surface area contributed by atoms with Gasteiger partial charge in [0.25, 0.3) is 0 Å². The standard InChI is InChI=1S/C11H13NS/c1-7-6-9-8-4-2-3-5-10(8)13-11(9)12-7/h2-5,7,9,11-12H,6H2,1H3. The third kappa shape index (κ3) is 1.12. The molecule has 0 bridgehead atoms. The molecule has 1 saturated heterocycles. The van der Waals surface area contributed by atoms with Gasteiger partial charge in [-0.05, 0) is 25.0 Å². The highest BCUT2D eigenvalue weighted by molar-refractivity contribution is 8.00. The van der Waals surface area contributed by atoms with Crippen LogP contribution in [0.4, 0.5) is 0 Å². The molecule has 2 aliphatic rings. The van der Waals surface area contributed by atoms with Crippen molar-refractivity contribution in [3.05, 3.63) is 29.8 Å². The molecular weight excluding hydrogens is 178 g/mol. The SMILES string of the molecule is CC1CC2c3ccccc3SC2N1. The fourth-order valence-corrected chi connectivity index (χ4v) is 3.91. The van der Waals surface area contributed by atoms with Crippen LogP contribution in [0.1, 0.15) is 24.8 Å². The molecule has 1 aromatic carbocycles. The first-order valence-corrected chi connectivity index (χ1v) is 5.74. The molecule has 68 valence electrons. The number of fused-ring (bicyclic) bond motifs is 3. The molecule has 3 rings (SSSR count). The van der Waals surface area contributed by atoms with Crippen LogP contribution in [0.3, 0.4) is 0 Å². The molecule has 0 saturated carbocycles. The van der Waals surface area contributed by atoms with Gasteiger partial charge in [0, 0.05) is 16.9 Å². The average molecular weight is 191 g/mol. The van der Waals surface area contributed by atoms with Gasteiger partial charge in [0.15, 0.2) is 0 Å². The molecule has 0 aliphatic carbocycles. The van der Waals surface area contributed by atoms with Gasteiger partial charge < -0.3 is 5.32 Å². The number of hydrogen-bond acceptors (Lipinski definition) is 2. The van der Waals surface area contributed by atoms with E-state index >= 15 is 0 Å². The summed E-state index contributed by atoms with van der Waals surface area (Å²) in [6, 6.07) is 9.51. The number of thioether (sulfide) groups is 1. The smallest absolute Gasteiger partial charge is 0.0652 e. The molecule has 3 unspecified atom stereocenters. The van der Waals surface area contributed by atoms with E-state index in [9.17, 15) is 0 Å². The van der Waals surface area contributed by atoms with E-state index in [0.717, 1.165) is 5.92 Å². The topological polar surface area (TPSA) is 12.0 Å². The maximum absolute atomic E-state index is 3.63. The summed E-state index contributed by atoms with van der Waals surface area (Å²) in [4.78, 5) is 1.48. The van der Waals surface area contributed by atoms with E-state index in [0.29, 0.717) is 11.4 Å². The first kappa shape index (κ1) is 7.89. The molecule has 2 heteroatoms. The lowest BCUT2D eigenvalue weighted by atomic mass is 9.97. The molecule has 0 amide bonds. The van der Waals surface area contributed by atoms with Gasteiger partial charge in [0.1, 0.15) is 0 Å². The summed E-state index contributed by atoms with van der Waals surface area (Å²) in [6.07, 6.45) is 1.30. The van der Waals surface area contributed by atoms with Gasteiger partial charge in [-0.1, -0.05) is 18.2 Å². The monoisotopic (exact) mass is 191 g/mol. The van der Waals surface area contributed by atoms with Gasteiger partial charge >= 0.3 is 0 Å². The van der Waals surface area contributed by atoms with Gasteiger partial charge in [-0.3, -0.25) is 0 Å². The lowest BCUT2D eigenvalue weighted by Crippen LogP contribution is -2.24. The molecule has 2 aliphatic heterocycles. The van der Waals surface area contributed by atoms with Crippen LogP contribution in [0.15, 0.2) is 29.2 Å².